The highest BCUT2D eigenvalue weighted by molar-refractivity contribution is 5.40. The summed E-state index contributed by atoms with van der Waals surface area (Å²) in [5.74, 6) is 3.76. The molecule has 27 heavy (non-hydrogen) atoms. The second-order valence-electron chi connectivity index (χ2n) is 6.74. The molecular formula is C26H46O. The van der Waals surface area contributed by atoms with Crippen LogP contribution in [0.15, 0.2) is 30.4 Å². The van der Waals surface area contributed by atoms with E-state index in [2.05, 4.69) is 12.6 Å². The van der Waals surface area contributed by atoms with Gasteiger partial charge in [-0.3, -0.25) is 0 Å². The highest BCUT2D eigenvalue weighted by atomic mass is 16.3. The third-order valence-corrected chi connectivity index (χ3v) is 5.97. The molecule has 1 N–H and O–H groups in total. The average molecular weight is 375 g/mol. The Labute approximate surface area is 170 Å². The van der Waals surface area contributed by atoms with Crippen LogP contribution in [0.2, 0.25) is 0 Å². The second-order valence-corrected chi connectivity index (χ2v) is 6.74. The lowest BCUT2D eigenvalue weighted by Crippen LogP contribution is -2.34. The fraction of sp³-hybridized carbons (Fsp3) is 0.692. The highest BCUT2D eigenvalue weighted by Crippen LogP contribution is 2.56. The lowest BCUT2D eigenvalue weighted by Gasteiger charge is -2.44. The van der Waals surface area contributed by atoms with Crippen molar-refractivity contribution in [2.75, 3.05) is 0 Å². The Morgan fingerprint density at radius 3 is 1.89 bits per heavy atom. The summed E-state index contributed by atoms with van der Waals surface area (Å²) in [6.07, 6.45) is 7.77. The highest BCUT2D eigenvalue weighted by Gasteiger charge is 2.45. The Morgan fingerprint density at radius 1 is 0.741 bits per heavy atom. The monoisotopic (exact) mass is 374 g/mol. The molecule has 0 saturated heterocycles. The summed E-state index contributed by atoms with van der Waals surface area (Å²) in [4.78, 5) is 0. The predicted molar refractivity (Wildman–Crippen MR) is 123 cm³/mol. The maximum absolute atomic E-state index is 9.66. The molecule has 0 bridgehead atoms. The quantitative estimate of drug-likeness (QED) is 0.451. The van der Waals surface area contributed by atoms with Gasteiger partial charge in [0.25, 0.3) is 0 Å². The molecule has 1 nitrogen and oxygen atoms in total. The first-order chi connectivity index (χ1) is 13.2. The first-order valence-corrected chi connectivity index (χ1v) is 11.7. The Hall–Kier alpha value is -1.24. The lowest BCUT2D eigenvalue weighted by atomic mass is 9.60. The molecule has 0 spiro atoms. The Kier molecular flexibility index (Phi) is 13.2. The molecule has 0 aromatic heterocycles. The summed E-state index contributed by atoms with van der Waals surface area (Å²) in [6.45, 7) is 20.3. The Balaban J connectivity index is 0.000000757. The van der Waals surface area contributed by atoms with Crippen LogP contribution in [0.25, 0.3) is 0 Å². The molecule has 1 aromatic carbocycles. The van der Waals surface area contributed by atoms with Gasteiger partial charge in [0.1, 0.15) is 5.75 Å². The standard InChI is InChI=1S/C18H22O.4C2H6/c1-11-2-5-16-14(11)8-9-17-15-7-4-13(19)10-12(15)3-6-18(16)17;4*1-2/h4,7,10,14,16-19H,1-3,5-6,8-9H2;4*1-2H3. The van der Waals surface area contributed by atoms with E-state index in [1.807, 2.05) is 67.5 Å². The van der Waals surface area contributed by atoms with Gasteiger partial charge in [0, 0.05) is 0 Å². The van der Waals surface area contributed by atoms with E-state index < -0.39 is 0 Å². The van der Waals surface area contributed by atoms with Crippen molar-refractivity contribution in [3.8, 4) is 5.75 Å². The number of phenolic OH excluding ortho intramolecular Hbond substituents is 1. The summed E-state index contributed by atoms with van der Waals surface area (Å²) in [5.41, 5.74) is 4.46. The van der Waals surface area contributed by atoms with Crippen LogP contribution in [-0.4, -0.2) is 5.11 Å². The molecule has 3 aliphatic carbocycles. The maximum Gasteiger partial charge on any atom is 0.115 e. The van der Waals surface area contributed by atoms with Gasteiger partial charge >= 0.3 is 0 Å². The number of allylic oxidation sites excluding steroid dienone is 1. The number of rotatable bonds is 0. The molecule has 2 saturated carbocycles. The Bertz CT molecular complexity index is 531. The number of benzene rings is 1. The number of hydrogen-bond donors (Lipinski definition) is 1. The van der Waals surface area contributed by atoms with Gasteiger partial charge in [-0.2, -0.15) is 0 Å². The molecule has 0 amide bonds. The summed E-state index contributed by atoms with van der Waals surface area (Å²) in [6, 6.07) is 6.05. The minimum Gasteiger partial charge on any atom is -0.508 e. The Morgan fingerprint density at radius 2 is 1.26 bits per heavy atom. The van der Waals surface area contributed by atoms with Crippen molar-refractivity contribution in [3.05, 3.63) is 41.5 Å². The summed E-state index contributed by atoms with van der Waals surface area (Å²) in [5, 5.41) is 9.66. The normalized spacial score (nSPS) is 26.6. The molecule has 0 aliphatic heterocycles. The van der Waals surface area contributed by atoms with E-state index in [-0.39, 0.29) is 0 Å². The van der Waals surface area contributed by atoms with Gasteiger partial charge in [0.15, 0.2) is 0 Å². The molecule has 2 fully saturated rings. The topological polar surface area (TPSA) is 20.2 Å². The van der Waals surface area contributed by atoms with Crippen LogP contribution in [0.5, 0.6) is 5.75 Å². The predicted octanol–water partition coefficient (Wildman–Crippen LogP) is 8.52. The van der Waals surface area contributed by atoms with Crippen LogP contribution >= 0.6 is 0 Å². The third kappa shape index (κ3) is 5.87. The van der Waals surface area contributed by atoms with Crippen LogP contribution < -0.4 is 0 Å². The van der Waals surface area contributed by atoms with E-state index >= 15 is 0 Å². The van der Waals surface area contributed by atoms with Crippen LogP contribution in [0.1, 0.15) is 105 Å². The largest absolute Gasteiger partial charge is 0.508 e. The molecule has 0 radical (unpaired) electrons. The molecule has 156 valence electrons. The molecule has 1 aromatic rings. The van der Waals surface area contributed by atoms with Crippen LogP contribution in [0, 0.1) is 17.8 Å². The average Bonchev–Trinajstić information content (AvgIpc) is 3.14. The third-order valence-electron chi connectivity index (χ3n) is 5.97. The van der Waals surface area contributed by atoms with Crippen molar-refractivity contribution in [3.63, 3.8) is 0 Å². The molecule has 4 rings (SSSR count). The van der Waals surface area contributed by atoms with E-state index in [0.29, 0.717) is 5.75 Å². The molecule has 1 heteroatoms. The molecular weight excluding hydrogens is 328 g/mol. The van der Waals surface area contributed by atoms with Gasteiger partial charge in [-0.05, 0) is 85.5 Å². The smallest absolute Gasteiger partial charge is 0.115 e. The van der Waals surface area contributed by atoms with Gasteiger partial charge in [0.2, 0.25) is 0 Å². The van der Waals surface area contributed by atoms with E-state index in [0.717, 1.165) is 30.1 Å². The van der Waals surface area contributed by atoms with Crippen LogP contribution in [-0.2, 0) is 6.42 Å². The zero-order valence-corrected chi connectivity index (χ0v) is 19.4. The van der Waals surface area contributed by atoms with Gasteiger partial charge in [0.05, 0.1) is 0 Å². The minimum absolute atomic E-state index is 0.431. The van der Waals surface area contributed by atoms with Crippen molar-refractivity contribution in [2.45, 2.75) is 99.8 Å². The summed E-state index contributed by atoms with van der Waals surface area (Å²) < 4.78 is 0. The molecule has 4 unspecified atom stereocenters. The minimum atomic E-state index is 0.431. The molecule has 4 atom stereocenters. The zero-order chi connectivity index (χ0) is 21.0. The van der Waals surface area contributed by atoms with Crippen molar-refractivity contribution < 1.29 is 5.11 Å². The summed E-state index contributed by atoms with van der Waals surface area (Å²) >= 11 is 0. The lowest BCUT2D eigenvalue weighted by molar-refractivity contribution is 0.149. The zero-order valence-electron chi connectivity index (χ0n) is 19.4. The number of aromatic hydroxyl groups is 1. The first kappa shape index (κ1) is 25.8. The van der Waals surface area contributed by atoms with Crippen molar-refractivity contribution in [1.82, 2.24) is 0 Å². The van der Waals surface area contributed by atoms with Crippen molar-refractivity contribution in [1.29, 1.82) is 0 Å². The fourth-order valence-corrected chi connectivity index (χ4v) is 5.14. The number of fused-ring (bicyclic) bond motifs is 5. The maximum atomic E-state index is 9.66. The van der Waals surface area contributed by atoms with Crippen LogP contribution in [0.4, 0.5) is 0 Å². The van der Waals surface area contributed by atoms with E-state index in [9.17, 15) is 5.11 Å². The van der Waals surface area contributed by atoms with E-state index in [1.54, 1.807) is 0 Å². The van der Waals surface area contributed by atoms with Gasteiger partial charge in [-0.15, -0.1) is 0 Å². The van der Waals surface area contributed by atoms with E-state index in [1.165, 1.54) is 48.8 Å². The number of hydrogen-bond acceptors (Lipinski definition) is 1. The van der Waals surface area contributed by atoms with Crippen molar-refractivity contribution >= 4 is 0 Å². The fourth-order valence-electron chi connectivity index (χ4n) is 5.14. The van der Waals surface area contributed by atoms with Gasteiger partial charge in [-0.25, -0.2) is 0 Å². The SMILES string of the molecule is C=C1CCC2C1CCC1c3ccc(O)cc3CCC12.CC.CC.CC.CC. The molecule has 3 aliphatic rings. The number of phenols is 1. The summed E-state index contributed by atoms with van der Waals surface area (Å²) in [7, 11) is 0. The van der Waals surface area contributed by atoms with Crippen LogP contribution in [0.3, 0.4) is 0 Å². The molecule has 0 heterocycles. The first-order valence-electron chi connectivity index (χ1n) is 11.7. The second kappa shape index (κ2) is 13.9. The van der Waals surface area contributed by atoms with Crippen molar-refractivity contribution in [2.24, 2.45) is 17.8 Å². The van der Waals surface area contributed by atoms with E-state index in [4.69, 9.17) is 0 Å². The number of aryl methyl sites for hydroxylation is 1. The van der Waals surface area contributed by atoms with Gasteiger partial charge in [-0.1, -0.05) is 73.6 Å². The van der Waals surface area contributed by atoms with Gasteiger partial charge < -0.3 is 5.11 Å².